The van der Waals surface area contributed by atoms with Crippen molar-refractivity contribution in [3.63, 3.8) is 0 Å². The van der Waals surface area contributed by atoms with E-state index in [1.165, 1.54) is 84.5 Å². The molecule has 4 heteroatoms. The lowest BCUT2D eigenvalue weighted by molar-refractivity contribution is 0.660. The zero-order valence-electron chi connectivity index (χ0n) is 39.3. The molecule has 0 spiro atoms. The van der Waals surface area contributed by atoms with Gasteiger partial charge in [0.25, 0.3) is 0 Å². The van der Waals surface area contributed by atoms with E-state index in [9.17, 15) is 0 Å². The van der Waals surface area contributed by atoms with Crippen molar-refractivity contribution in [3.05, 3.63) is 254 Å². The van der Waals surface area contributed by atoms with Crippen LogP contribution in [-0.4, -0.2) is 0 Å². The molecule has 0 saturated heterocycles. The molecule has 0 radical (unpaired) electrons. The Morgan fingerprint density at radius 3 is 1.73 bits per heavy atom. The third-order valence-corrected chi connectivity index (χ3v) is 17.2. The number of benzene rings is 11. The number of rotatable bonds is 8. The molecule has 0 amide bonds. The second-order valence-electron chi connectivity index (χ2n) is 19.2. The lowest BCUT2D eigenvalue weighted by Crippen LogP contribution is -2.18. The summed E-state index contributed by atoms with van der Waals surface area (Å²) in [5.41, 5.74) is 16.5. The van der Waals surface area contributed by atoms with Crippen molar-refractivity contribution in [3.8, 4) is 33.4 Å². The summed E-state index contributed by atoms with van der Waals surface area (Å²) < 4.78 is 5.20. The molecule has 71 heavy (non-hydrogen) atoms. The second kappa shape index (κ2) is 16.4. The minimum Gasteiger partial charge on any atom is -0.308 e. The molecule has 11 aromatic carbocycles. The number of thiophene rings is 2. The summed E-state index contributed by atoms with van der Waals surface area (Å²) in [6.45, 7) is 4.77. The van der Waals surface area contributed by atoms with Crippen molar-refractivity contribution in [2.24, 2.45) is 0 Å². The first-order chi connectivity index (χ1) is 35.0. The van der Waals surface area contributed by atoms with E-state index < -0.39 is 0 Å². The molecule has 1 aliphatic carbocycles. The van der Waals surface area contributed by atoms with Gasteiger partial charge in [-0.3, -0.25) is 0 Å². The van der Waals surface area contributed by atoms with Gasteiger partial charge >= 0.3 is 0 Å². The molecular formula is C67H46N2S2. The van der Waals surface area contributed by atoms with E-state index in [2.05, 4.69) is 266 Å². The van der Waals surface area contributed by atoms with Crippen LogP contribution in [0.5, 0.6) is 0 Å². The Morgan fingerprint density at radius 1 is 0.324 bits per heavy atom. The summed E-state index contributed by atoms with van der Waals surface area (Å²) in [5.74, 6) is 0. The van der Waals surface area contributed by atoms with E-state index in [4.69, 9.17) is 0 Å². The molecule has 1 aliphatic rings. The van der Waals surface area contributed by atoms with Crippen molar-refractivity contribution in [2.75, 3.05) is 9.80 Å². The fourth-order valence-corrected chi connectivity index (χ4v) is 13.9. The Hall–Kier alpha value is -8.28. The minimum absolute atomic E-state index is 0.137. The van der Waals surface area contributed by atoms with Crippen molar-refractivity contribution >= 4 is 108 Å². The van der Waals surface area contributed by atoms with Gasteiger partial charge in [-0.15, -0.1) is 22.7 Å². The average Bonchev–Trinajstić information content (AvgIpc) is 4.07. The fraction of sp³-hybridized carbons (Fsp3) is 0.0448. The van der Waals surface area contributed by atoms with Crippen LogP contribution in [0.15, 0.2) is 243 Å². The van der Waals surface area contributed by atoms with Gasteiger partial charge in [0.2, 0.25) is 0 Å². The number of anilines is 6. The third kappa shape index (κ3) is 6.67. The number of fused-ring (bicyclic) bond motifs is 11. The normalized spacial score (nSPS) is 12.8. The predicted molar refractivity (Wildman–Crippen MR) is 308 cm³/mol. The quantitative estimate of drug-likeness (QED) is 0.150. The van der Waals surface area contributed by atoms with Crippen LogP contribution >= 0.6 is 22.7 Å². The van der Waals surface area contributed by atoms with Crippen molar-refractivity contribution in [1.29, 1.82) is 0 Å². The van der Waals surface area contributed by atoms with Crippen LogP contribution in [0.4, 0.5) is 34.1 Å². The summed E-state index contributed by atoms with van der Waals surface area (Å²) in [5, 5.41) is 7.64. The summed E-state index contributed by atoms with van der Waals surface area (Å²) in [4.78, 5) is 4.94. The number of nitrogens with zero attached hydrogens (tertiary/aromatic N) is 2. The van der Waals surface area contributed by atoms with Crippen LogP contribution in [0.25, 0.3) is 84.5 Å². The maximum absolute atomic E-state index is 2.50. The Balaban J connectivity index is 1.09. The fourth-order valence-electron chi connectivity index (χ4n) is 11.4. The average molecular weight is 943 g/mol. The molecule has 2 aromatic heterocycles. The van der Waals surface area contributed by atoms with Crippen molar-refractivity contribution < 1.29 is 0 Å². The highest BCUT2D eigenvalue weighted by molar-refractivity contribution is 7.27. The van der Waals surface area contributed by atoms with Gasteiger partial charge in [0.05, 0.1) is 11.4 Å². The minimum atomic E-state index is -0.137. The summed E-state index contributed by atoms with van der Waals surface area (Å²) in [6.07, 6.45) is 0. The van der Waals surface area contributed by atoms with Gasteiger partial charge in [-0.25, -0.2) is 0 Å². The first-order valence-corrected chi connectivity index (χ1v) is 26.0. The van der Waals surface area contributed by atoms with E-state index in [0.29, 0.717) is 0 Å². The molecule has 0 fully saturated rings. The smallest absolute Gasteiger partial charge is 0.0781 e. The molecule has 13 aromatic rings. The summed E-state index contributed by atoms with van der Waals surface area (Å²) >= 11 is 3.78. The zero-order chi connectivity index (χ0) is 47.2. The first-order valence-electron chi connectivity index (χ1n) is 24.4. The van der Waals surface area contributed by atoms with Crippen LogP contribution in [0.1, 0.15) is 25.0 Å². The second-order valence-corrected chi connectivity index (χ2v) is 21.3. The zero-order valence-corrected chi connectivity index (χ0v) is 40.9. The molecule has 0 atom stereocenters. The lowest BCUT2D eigenvalue weighted by Gasteiger charge is -2.35. The molecule has 2 heterocycles. The molecule has 0 aliphatic heterocycles. The van der Waals surface area contributed by atoms with E-state index in [1.54, 1.807) is 0 Å². The van der Waals surface area contributed by atoms with Gasteiger partial charge in [-0.05, 0) is 129 Å². The van der Waals surface area contributed by atoms with Crippen LogP contribution in [0.3, 0.4) is 0 Å². The number of hydrogen-bond donors (Lipinski definition) is 0. The van der Waals surface area contributed by atoms with Gasteiger partial charge in [-0.1, -0.05) is 172 Å². The van der Waals surface area contributed by atoms with Crippen LogP contribution in [0.2, 0.25) is 0 Å². The molecule has 0 saturated carbocycles. The molecule has 14 rings (SSSR count). The van der Waals surface area contributed by atoms with E-state index >= 15 is 0 Å². The van der Waals surface area contributed by atoms with Crippen LogP contribution in [-0.2, 0) is 5.41 Å². The summed E-state index contributed by atoms with van der Waals surface area (Å²) in [6, 6.07) is 90.0. The standard InChI is InChI=1S/C67H46N2S2/c1-67(2)59-30-16-14-27-52(59)53-36-34-44(41-60(53)67)56-39-45(40-58-55-37-33-43-19-12-13-26-51(43)65(55)71-66(56)58)50-29-18-31-61(64(50)69(47-22-8-4-9-23-47)48-24-10-5-11-25-48)68(46-20-6-3-7-21-46)49-35-38-63-57(42-49)54-28-15-17-32-62(54)70-63/h3-42H,1-2H3. The Morgan fingerprint density at radius 2 is 0.958 bits per heavy atom. The van der Waals surface area contributed by atoms with Gasteiger partial charge < -0.3 is 9.80 Å². The Kier molecular flexibility index (Phi) is 9.64. The SMILES string of the molecule is CC1(C)c2ccccc2-c2ccc(-c3cc(-c4cccc(N(c5ccccc5)c5ccc6sc7ccccc7c6c5)c4N(c4ccccc4)c4ccccc4)cc4c3sc3c5ccccc5ccc43)cc21. The molecular weight excluding hydrogens is 897 g/mol. The maximum Gasteiger partial charge on any atom is 0.0781 e. The highest BCUT2D eigenvalue weighted by Gasteiger charge is 2.36. The molecule has 336 valence electrons. The van der Waals surface area contributed by atoms with Gasteiger partial charge in [-0.2, -0.15) is 0 Å². The van der Waals surface area contributed by atoms with Gasteiger partial charge in [0, 0.05) is 79.6 Å². The first kappa shape index (κ1) is 41.7. The van der Waals surface area contributed by atoms with Crippen LogP contribution in [0, 0.1) is 0 Å². The highest BCUT2D eigenvalue weighted by Crippen LogP contribution is 2.55. The van der Waals surface area contributed by atoms with Crippen molar-refractivity contribution in [1.82, 2.24) is 0 Å². The summed E-state index contributed by atoms with van der Waals surface area (Å²) in [7, 11) is 0. The molecule has 0 bridgehead atoms. The maximum atomic E-state index is 2.50. The van der Waals surface area contributed by atoms with Gasteiger partial charge in [0.15, 0.2) is 0 Å². The monoisotopic (exact) mass is 942 g/mol. The molecule has 0 N–H and O–H groups in total. The number of hydrogen-bond acceptors (Lipinski definition) is 4. The Bertz CT molecular complexity index is 4170. The van der Waals surface area contributed by atoms with E-state index in [-0.39, 0.29) is 5.41 Å². The largest absolute Gasteiger partial charge is 0.308 e. The Labute approximate surface area is 421 Å². The molecule has 0 unspecified atom stereocenters. The number of para-hydroxylation sites is 4. The van der Waals surface area contributed by atoms with Crippen LogP contribution < -0.4 is 9.80 Å². The van der Waals surface area contributed by atoms with E-state index in [0.717, 1.165) is 45.3 Å². The molecule has 2 nitrogen and oxygen atoms in total. The van der Waals surface area contributed by atoms with E-state index in [1.807, 2.05) is 22.7 Å². The van der Waals surface area contributed by atoms with Crippen molar-refractivity contribution in [2.45, 2.75) is 19.3 Å². The highest BCUT2D eigenvalue weighted by atomic mass is 32.1. The topological polar surface area (TPSA) is 6.48 Å². The predicted octanol–water partition coefficient (Wildman–Crippen LogP) is 20.2. The van der Waals surface area contributed by atoms with Gasteiger partial charge in [0.1, 0.15) is 0 Å². The lowest BCUT2D eigenvalue weighted by atomic mass is 9.81. The third-order valence-electron chi connectivity index (χ3n) is 14.8.